The average molecular weight is 270 g/mol. The Morgan fingerprint density at radius 2 is 1.70 bits per heavy atom. The number of hydrogen-bond acceptors (Lipinski definition) is 2. The van der Waals surface area contributed by atoms with Crippen LogP contribution in [0.15, 0.2) is 36.4 Å². The van der Waals surface area contributed by atoms with Gasteiger partial charge in [-0.15, -0.1) is 0 Å². The molecule has 106 valence electrons. The molecule has 0 heterocycles. The van der Waals surface area contributed by atoms with Gasteiger partial charge in [0.25, 0.3) is 0 Å². The van der Waals surface area contributed by atoms with E-state index in [4.69, 9.17) is 9.47 Å². The Morgan fingerprint density at radius 1 is 0.900 bits per heavy atom. The molecule has 0 unspecified atom stereocenters. The molecule has 0 aliphatic rings. The number of rotatable bonds is 5. The van der Waals surface area contributed by atoms with Gasteiger partial charge in [-0.2, -0.15) is 0 Å². The van der Waals surface area contributed by atoms with Crippen LogP contribution in [0, 0.1) is 0 Å². The molecule has 0 N–H and O–H groups in total. The maximum absolute atomic E-state index is 5.55. The van der Waals surface area contributed by atoms with Gasteiger partial charge in [0.2, 0.25) is 0 Å². The van der Waals surface area contributed by atoms with Crippen LogP contribution in [-0.2, 0) is 12.8 Å². The van der Waals surface area contributed by atoms with E-state index in [-0.39, 0.29) is 0 Å². The Kier molecular flexibility index (Phi) is 4.67. The first-order valence-corrected chi connectivity index (χ1v) is 7.07. The molecule has 0 spiro atoms. The quantitative estimate of drug-likeness (QED) is 0.796. The van der Waals surface area contributed by atoms with Crippen molar-refractivity contribution in [2.75, 3.05) is 14.2 Å². The third-order valence-electron chi connectivity index (χ3n) is 3.61. The summed E-state index contributed by atoms with van der Waals surface area (Å²) in [5, 5.41) is 0. The molecule has 0 aliphatic heterocycles. The van der Waals surface area contributed by atoms with Gasteiger partial charge in [0.05, 0.1) is 14.2 Å². The molecule has 2 aromatic carbocycles. The van der Waals surface area contributed by atoms with Gasteiger partial charge in [-0.3, -0.25) is 0 Å². The van der Waals surface area contributed by atoms with Crippen LogP contribution in [-0.4, -0.2) is 14.2 Å². The molecule has 0 radical (unpaired) electrons. The second-order valence-corrected chi connectivity index (χ2v) is 4.77. The Balaban J connectivity index is 2.66. The van der Waals surface area contributed by atoms with Gasteiger partial charge in [-0.25, -0.2) is 0 Å². The van der Waals surface area contributed by atoms with Crippen molar-refractivity contribution in [3.05, 3.63) is 47.5 Å². The zero-order valence-corrected chi connectivity index (χ0v) is 12.7. The Hall–Kier alpha value is -1.96. The highest BCUT2D eigenvalue weighted by Crippen LogP contribution is 2.36. The summed E-state index contributed by atoms with van der Waals surface area (Å²) in [6.45, 7) is 4.32. The lowest BCUT2D eigenvalue weighted by Gasteiger charge is -2.15. The third-order valence-corrected chi connectivity index (χ3v) is 3.61. The molecular formula is C18H22O2. The van der Waals surface area contributed by atoms with E-state index in [1.807, 2.05) is 12.1 Å². The fraction of sp³-hybridized carbons (Fsp3) is 0.333. The van der Waals surface area contributed by atoms with Crippen LogP contribution >= 0.6 is 0 Å². The molecule has 0 amide bonds. The van der Waals surface area contributed by atoms with E-state index in [1.54, 1.807) is 14.2 Å². The molecule has 20 heavy (non-hydrogen) atoms. The van der Waals surface area contributed by atoms with Crippen molar-refractivity contribution in [3.8, 4) is 22.6 Å². The molecule has 0 aromatic heterocycles. The number of hydrogen-bond donors (Lipinski definition) is 0. The van der Waals surface area contributed by atoms with Crippen molar-refractivity contribution >= 4 is 0 Å². The summed E-state index contributed by atoms with van der Waals surface area (Å²) in [5.41, 5.74) is 4.90. The molecule has 0 fully saturated rings. The summed E-state index contributed by atoms with van der Waals surface area (Å²) in [7, 11) is 3.43. The SMILES string of the molecule is CCc1cc(OC)cc(-c2c(CC)cccc2OC)c1. The number of aryl methyl sites for hydroxylation is 2. The van der Waals surface area contributed by atoms with E-state index in [9.17, 15) is 0 Å². The van der Waals surface area contributed by atoms with Crippen molar-refractivity contribution in [1.29, 1.82) is 0 Å². The first-order chi connectivity index (χ1) is 9.73. The Bertz CT molecular complexity index is 543. The second kappa shape index (κ2) is 6.47. The lowest BCUT2D eigenvalue weighted by molar-refractivity contribution is 0.413. The standard InChI is InChI=1S/C18H22O2/c1-5-13-10-15(12-16(11-13)19-3)18-14(6-2)8-7-9-17(18)20-4/h7-12H,5-6H2,1-4H3. The Morgan fingerprint density at radius 3 is 2.30 bits per heavy atom. The highest BCUT2D eigenvalue weighted by atomic mass is 16.5. The van der Waals surface area contributed by atoms with Crippen molar-refractivity contribution in [3.63, 3.8) is 0 Å². The summed E-state index contributed by atoms with van der Waals surface area (Å²) in [6, 6.07) is 12.6. The van der Waals surface area contributed by atoms with Gasteiger partial charge in [0.15, 0.2) is 0 Å². The number of methoxy groups -OCH3 is 2. The molecule has 0 saturated carbocycles. The smallest absolute Gasteiger partial charge is 0.126 e. The van der Waals surface area contributed by atoms with Gasteiger partial charge >= 0.3 is 0 Å². The van der Waals surface area contributed by atoms with E-state index < -0.39 is 0 Å². The van der Waals surface area contributed by atoms with E-state index in [0.29, 0.717) is 0 Å². The van der Waals surface area contributed by atoms with Crippen LogP contribution < -0.4 is 9.47 Å². The third kappa shape index (κ3) is 2.79. The summed E-state index contributed by atoms with van der Waals surface area (Å²) >= 11 is 0. The lowest BCUT2D eigenvalue weighted by atomic mass is 9.95. The van der Waals surface area contributed by atoms with Gasteiger partial charge in [-0.1, -0.05) is 32.0 Å². The minimum atomic E-state index is 0.896. The summed E-state index contributed by atoms with van der Waals surface area (Å²) in [5.74, 6) is 1.81. The predicted octanol–water partition coefficient (Wildman–Crippen LogP) is 4.50. The minimum Gasteiger partial charge on any atom is -0.497 e. The Labute approximate surface area is 121 Å². The van der Waals surface area contributed by atoms with Crippen LogP contribution in [0.2, 0.25) is 0 Å². The minimum absolute atomic E-state index is 0.896. The van der Waals surface area contributed by atoms with E-state index >= 15 is 0 Å². The van der Waals surface area contributed by atoms with Crippen molar-refractivity contribution < 1.29 is 9.47 Å². The number of ether oxygens (including phenoxy) is 2. The fourth-order valence-electron chi connectivity index (χ4n) is 2.50. The zero-order valence-electron chi connectivity index (χ0n) is 12.7. The van der Waals surface area contributed by atoms with E-state index in [1.165, 1.54) is 16.7 Å². The molecule has 2 heteroatoms. The maximum Gasteiger partial charge on any atom is 0.126 e. The molecule has 2 aromatic rings. The normalized spacial score (nSPS) is 10.4. The van der Waals surface area contributed by atoms with Crippen LogP contribution in [0.1, 0.15) is 25.0 Å². The van der Waals surface area contributed by atoms with Crippen LogP contribution in [0.4, 0.5) is 0 Å². The first kappa shape index (κ1) is 14.4. The van der Waals surface area contributed by atoms with Crippen molar-refractivity contribution in [1.82, 2.24) is 0 Å². The van der Waals surface area contributed by atoms with Crippen LogP contribution in [0.25, 0.3) is 11.1 Å². The topological polar surface area (TPSA) is 18.5 Å². The monoisotopic (exact) mass is 270 g/mol. The first-order valence-electron chi connectivity index (χ1n) is 7.07. The molecule has 0 aliphatic carbocycles. The lowest BCUT2D eigenvalue weighted by Crippen LogP contribution is -1.95. The molecular weight excluding hydrogens is 248 g/mol. The average Bonchev–Trinajstić information content (AvgIpc) is 2.53. The highest BCUT2D eigenvalue weighted by Gasteiger charge is 2.12. The second-order valence-electron chi connectivity index (χ2n) is 4.77. The highest BCUT2D eigenvalue weighted by molar-refractivity contribution is 5.75. The van der Waals surface area contributed by atoms with Crippen molar-refractivity contribution in [2.24, 2.45) is 0 Å². The summed E-state index contributed by atoms with van der Waals surface area (Å²) in [4.78, 5) is 0. The van der Waals surface area contributed by atoms with E-state index in [2.05, 4.69) is 38.1 Å². The molecule has 0 bridgehead atoms. The van der Waals surface area contributed by atoms with E-state index in [0.717, 1.165) is 29.9 Å². The van der Waals surface area contributed by atoms with Gasteiger partial charge in [-0.05, 0) is 47.7 Å². The van der Waals surface area contributed by atoms with Gasteiger partial charge in [0, 0.05) is 5.56 Å². The summed E-state index contributed by atoms with van der Waals surface area (Å²) in [6.07, 6.45) is 1.96. The molecule has 0 atom stereocenters. The molecule has 2 rings (SSSR count). The largest absolute Gasteiger partial charge is 0.497 e. The van der Waals surface area contributed by atoms with Crippen LogP contribution in [0.5, 0.6) is 11.5 Å². The van der Waals surface area contributed by atoms with Gasteiger partial charge < -0.3 is 9.47 Å². The molecule has 0 saturated heterocycles. The predicted molar refractivity (Wildman–Crippen MR) is 83.7 cm³/mol. The zero-order chi connectivity index (χ0) is 14.5. The fourth-order valence-corrected chi connectivity index (χ4v) is 2.50. The van der Waals surface area contributed by atoms with Crippen LogP contribution in [0.3, 0.4) is 0 Å². The summed E-state index contributed by atoms with van der Waals surface area (Å²) < 4.78 is 11.0. The number of benzene rings is 2. The van der Waals surface area contributed by atoms with Gasteiger partial charge in [0.1, 0.15) is 11.5 Å². The van der Waals surface area contributed by atoms with Crippen molar-refractivity contribution in [2.45, 2.75) is 26.7 Å². The molecule has 2 nitrogen and oxygen atoms in total. The maximum atomic E-state index is 5.55.